The van der Waals surface area contributed by atoms with Crippen LogP contribution in [0.5, 0.6) is 0 Å². The van der Waals surface area contributed by atoms with Gasteiger partial charge in [-0.2, -0.15) is 0 Å². The van der Waals surface area contributed by atoms with Gasteiger partial charge in [0, 0.05) is 13.5 Å². The molecule has 0 aromatic heterocycles. The van der Waals surface area contributed by atoms with Gasteiger partial charge < -0.3 is 14.6 Å². The van der Waals surface area contributed by atoms with Gasteiger partial charge in [-0.25, -0.2) is 0 Å². The summed E-state index contributed by atoms with van der Waals surface area (Å²) in [5.74, 6) is -0.834. The number of ketones is 1. The van der Waals surface area contributed by atoms with Crippen molar-refractivity contribution >= 4 is 11.8 Å². The molecular formula is C20H36O5. The minimum atomic E-state index is -0.804. The standard InChI is InChI=1S/C16H24O5.2C2H6/c1-11-4-5-13(9-16(18)19)8-15(21-10-20-3)12(2)7-14(17)6-11;2*1-2/h6-7,13,15H,4-5,8-10H2,1-3H3,(H,18,19);2*1-2H3/b11-6+,12-7-;;/t13-,15+;;/m1../s1. The van der Waals surface area contributed by atoms with Gasteiger partial charge in [-0.15, -0.1) is 0 Å². The molecule has 0 radical (unpaired) electrons. The largest absolute Gasteiger partial charge is 0.481 e. The second kappa shape index (κ2) is 16.0. The average Bonchev–Trinajstić information content (AvgIpc) is 2.58. The topological polar surface area (TPSA) is 72.8 Å². The van der Waals surface area contributed by atoms with E-state index in [0.717, 1.165) is 24.0 Å². The van der Waals surface area contributed by atoms with Crippen LogP contribution < -0.4 is 0 Å². The molecule has 0 aromatic rings. The molecule has 0 fully saturated rings. The van der Waals surface area contributed by atoms with Gasteiger partial charge in [-0.3, -0.25) is 9.59 Å². The zero-order chi connectivity index (χ0) is 19.8. The lowest BCUT2D eigenvalue weighted by Crippen LogP contribution is -2.23. The predicted octanol–water partition coefficient (Wildman–Crippen LogP) is 4.76. The Balaban J connectivity index is 0. The molecule has 25 heavy (non-hydrogen) atoms. The lowest BCUT2D eigenvalue weighted by atomic mass is 9.88. The molecule has 1 N–H and O–H groups in total. The summed E-state index contributed by atoms with van der Waals surface area (Å²) in [5.41, 5.74) is 1.79. The normalized spacial score (nSPS) is 25.0. The van der Waals surface area contributed by atoms with Crippen molar-refractivity contribution in [3.8, 4) is 0 Å². The summed E-state index contributed by atoms with van der Waals surface area (Å²) in [6.07, 6.45) is 5.05. The maximum absolute atomic E-state index is 11.9. The first-order valence-corrected chi connectivity index (χ1v) is 9.14. The first-order chi connectivity index (χ1) is 11.9. The average molecular weight is 357 g/mol. The Hall–Kier alpha value is -1.46. The third kappa shape index (κ3) is 12.5. The molecule has 0 amide bonds. The zero-order valence-electron chi connectivity index (χ0n) is 16.9. The Kier molecular flexibility index (Phi) is 16.5. The van der Waals surface area contributed by atoms with Crippen LogP contribution in [0.15, 0.2) is 23.3 Å². The summed E-state index contributed by atoms with van der Waals surface area (Å²) in [7, 11) is 1.53. The number of carboxylic acid groups (broad SMARTS) is 1. The van der Waals surface area contributed by atoms with Crippen LogP contribution in [0.1, 0.15) is 67.2 Å². The number of ether oxygens (including phenoxy) is 2. The van der Waals surface area contributed by atoms with Crippen LogP contribution in [-0.4, -0.2) is 36.9 Å². The molecule has 0 unspecified atom stereocenters. The Morgan fingerprint density at radius 1 is 1.20 bits per heavy atom. The Bertz CT molecular complexity index is 437. The molecule has 5 nitrogen and oxygen atoms in total. The fourth-order valence-corrected chi connectivity index (χ4v) is 2.49. The van der Waals surface area contributed by atoms with Crippen molar-refractivity contribution in [2.24, 2.45) is 5.92 Å². The van der Waals surface area contributed by atoms with E-state index in [-0.39, 0.29) is 31.0 Å². The molecule has 2 atom stereocenters. The molecule has 146 valence electrons. The summed E-state index contributed by atoms with van der Waals surface area (Å²) in [5, 5.41) is 9.04. The van der Waals surface area contributed by atoms with Gasteiger partial charge in [-0.1, -0.05) is 33.3 Å². The minimum Gasteiger partial charge on any atom is -0.481 e. The van der Waals surface area contributed by atoms with Crippen molar-refractivity contribution in [2.45, 2.75) is 73.3 Å². The van der Waals surface area contributed by atoms with Crippen LogP contribution in [0.4, 0.5) is 0 Å². The van der Waals surface area contributed by atoms with Gasteiger partial charge in [0.15, 0.2) is 5.78 Å². The highest BCUT2D eigenvalue weighted by atomic mass is 16.7. The van der Waals surface area contributed by atoms with Gasteiger partial charge >= 0.3 is 5.97 Å². The van der Waals surface area contributed by atoms with E-state index in [1.165, 1.54) is 7.11 Å². The summed E-state index contributed by atoms with van der Waals surface area (Å²) in [6, 6.07) is 0. The molecular weight excluding hydrogens is 320 g/mol. The lowest BCUT2D eigenvalue weighted by molar-refractivity contribution is -0.138. The van der Waals surface area contributed by atoms with Crippen LogP contribution in [0.25, 0.3) is 0 Å². The summed E-state index contributed by atoms with van der Waals surface area (Å²) < 4.78 is 10.5. The maximum atomic E-state index is 11.9. The number of carbonyl (C=O) groups excluding carboxylic acids is 1. The van der Waals surface area contributed by atoms with Gasteiger partial charge in [0.05, 0.1) is 6.10 Å². The van der Waals surface area contributed by atoms with Crippen LogP contribution in [0.3, 0.4) is 0 Å². The molecule has 0 aromatic carbocycles. The summed E-state index contributed by atoms with van der Waals surface area (Å²) in [6.45, 7) is 11.9. The molecule has 0 saturated heterocycles. The van der Waals surface area contributed by atoms with E-state index in [2.05, 4.69) is 0 Å². The molecule has 1 rings (SSSR count). The van der Waals surface area contributed by atoms with Crippen LogP contribution in [0.2, 0.25) is 0 Å². The van der Waals surface area contributed by atoms with E-state index in [9.17, 15) is 9.59 Å². The number of rotatable bonds is 5. The molecule has 0 bridgehead atoms. The van der Waals surface area contributed by atoms with E-state index in [1.54, 1.807) is 12.2 Å². The van der Waals surface area contributed by atoms with Gasteiger partial charge in [0.25, 0.3) is 0 Å². The van der Waals surface area contributed by atoms with E-state index in [1.807, 2.05) is 41.5 Å². The van der Waals surface area contributed by atoms with E-state index < -0.39 is 5.97 Å². The number of carbonyl (C=O) groups is 2. The first kappa shape index (κ1) is 25.8. The third-order valence-corrected chi connectivity index (χ3v) is 3.61. The highest BCUT2D eigenvalue weighted by Gasteiger charge is 2.22. The fraction of sp³-hybridized carbons (Fsp3) is 0.700. The van der Waals surface area contributed by atoms with Crippen LogP contribution in [-0.2, 0) is 19.1 Å². The minimum absolute atomic E-state index is 0.0178. The van der Waals surface area contributed by atoms with Gasteiger partial charge in [0.2, 0.25) is 0 Å². The molecule has 5 heteroatoms. The quantitative estimate of drug-likeness (QED) is 0.719. The molecule has 0 saturated carbocycles. The molecule has 0 aliphatic heterocycles. The number of methoxy groups -OCH3 is 1. The molecule has 0 spiro atoms. The second-order valence-corrected chi connectivity index (χ2v) is 5.58. The van der Waals surface area contributed by atoms with Gasteiger partial charge in [0.1, 0.15) is 6.79 Å². The number of allylic oxidation sites excluding steroid dienone is 3. The Morgan fingerprint density at radius 3 is 2.32 bits per heavy atom. The van der Waals surface area contributed by atoms with Crippen molar-refractivity contribution in [3.63, 3.8) is 0 Å². The van der Waals surface area contributed by atoms with Crippen molar-refractivity contribution < 1.29 is 24.2 Å². The van der Waals surface area contributed by atoms with Gasteiger partial charge in [-0.05, 0) is 56.8 Å². The van der Waals surface area contributed by atoms with Crippen LogP contribution in [0, 0.1) is 5.92 Å². The summed E-state index contributed by atoms with van der Waals surface area (Å²) >= 11 is 0. The van der Waals surface area contributed by atoms with Crippen molar-refractivity contribution in [1.29, 1.82) is 0 Å². The molecule has 1 aliphatic carbocycles. The second-order valence-electron chi connectivity index (χ2n) is 5.58. The highest BCUT2D eigenvalue weighted by Crippen LogP contribution is 2.26. The van der Waals surface area contributed by atoms with Crippen molar-refractivity contribution in [3.05, 3.63) is 23.3 Å². The first-order valence-electron chi connectivity index (χ1n) is 9.14. The van der Waals surface area contributed by atoms with Crippen molar-refractivity contribution in [1.82, 2.24) is 0 Å². The van der Waals surface area contributed by atoms with E-state index in [4.69, 9.17) is 14.6 Å². The fourth-order valence-electron chi connectivity index (χ4n) is 2.49. The maximum Gasteiger partial charge on any atom is 0.303 e. The lowest BCUT2D eigenvalue weighted by Gasteiger charge is -2.24. The number of aliphatic carboxylic acids is 1. The van der Waals surface area contributed by atoms with Crippen molar-refractivity contribution in [2.75, 3.05) is 13.9 Å². The number of hydrogen-bond donors (Lipinski definition) is 1. The monoisotopic (exact) mass is 356 g/mol. The SMILES string of the molecule is CC.CC.COCO[C@H]1C[C@H](CC(=O)O)CC/C(C)=C/C(=O)/C=C\1C. The van der Waals surface area contributed by atoms with E-state index >= 15 is 0 Å². The predicted molar refractivity (Wildman–Crippen MR) is 102 cm³/mol. The Labute approximate surface area is 153 Å². The molecule has 0 heterocycles. The molecule has 1 aliphatic rings. The Morgan fingerprint density at radius 2 is 1.80 bits per heavy atom. The zero-order valence-corrected chi connectivity index (χ0v) is 16.9. The van der Waals surface area contributed by atoms with E-state index in [0.29, 0.717) is 6.42 Å². The third-order valence-electron chi connectivity index (χ3n) is 3.61. The summed E-state index contributed by atoms with van der Waals surface area (Å²) in [4.78, 5) is 22.9. The highest BCUT2D eigenvalue weighted by molar-refractivity contribution is 6.00. The number of hydrogen-bond acceptors (Lipinski definition) is 4. The van der Waals surface area contributed by atoms with Crippen LogP contribution >= 0.6 is 0 Å². The smallest absolute Gasteiger partial charge is 0.303 e. The number of carboxylic acids is 1.